The maximum atomic E-state index is 12.7. The summed E-state index contributed by atoms with van der Waals surface area (Å²) in [5.41, 5.74) is 0.686. The summed E-state index contributed by atoms with van der Waals surface area (Å²) >= 11 is 0. The smallest absolute Gasteiger partial charge is 0.257 e. The van der Waals surface area contributed by atoms with Gasteiger partial charge in [-0.05, 0) is 24.3 Å². The molecule has 1 aromatic carbocycles. The highest BCUT2D eigenvalue weighted by molar-refractivity contribution is 7.92. The van der Waals surface area contributed by atoms with Crippen LogP contribution in [0, 0.1) is 5.95 Å². The number of hydrogen-bond acceptors (Lipinski definition) is 4. The van der Waals surface area contributed by atoms with Crippen molar-refractivity contribution in [1.29, 1.82) is 0 Å². The van der Waals surface area contributed by atoms with E-state index in [0.717, 1.165) is 18.5 Å². The highest BCUT2D eigenvalue weighted by atomic mass is 32.2. The summed E-state index contributed by atoms with van der Waals surface area (Å²) in [6, 6.07) is 8.68. The number of sulfonamides is 1. The van der Waals surface area contributed by atoms with E-state index in [9.17, 15) is 17.6 Å². The molecule has 0 saturated heterocycles. The first-order valence-corrected chi connectivity index (χ1v) is 7.74. The van der Waals surface area contributed by atoms with Gasteiger partial charge in [0, 0.05) is 6.20 Å². The van der Waals surface area contributed by atoms with Crippen LogP contribution < -0.4 is 10.0 Å². The zero-order valence-electron chi connectivity index (χ0n) is 11.0. The molecule has 6 nitrogen and oxygen atoms in total. The molecule has 8 heteroatoms. The lowest BCUT2D eigenvalue weighted by Gasteiger charge is -2.11. The van der Waals surface area contributed by atoms with Gasteiger partial charge in [0.2, 0.25) is 16.0 Å². The number of benzene rings is 1. The van der Waals surface area contributed by atoms with Gasteiger partial charge in [-0.2, -0.15) is 4.39 Å². The highest BCUT2D eigenvalue weighted by Gasteiger charge is 2.11. The third kappa shape index (κ3) is 4.25. The second-order valence-corrected chi connectivity index (χ2v) is 5.99. The quantitative estimate of drug-likeness (QED) is 0.844. The number of nitrogens with zero attached hydrogens (tertiary/aromatic N) is 1. The topological polar surface area (TPSA) is 88.2 Å². The molecule has 21 heavy (non-hydrogen) atoms. The van der Waals surface area contributed by atoms with E-state index in [-0.39, 0.29) is 16.9 Å². The van der Waals surface area contributed by atoms with E-state index in [2.05, 4.69) is 15.0 Å². The molecule has 0 aliphatic heterocycles. The number of halogens is 1. The van der Waals surface area contributed by atoms with Crippen LogP contribution in [0.4, 0.5) is 15.8 Å². The van der Waals surface area contributed by atoms with Crippen molar-refractivity contribution in [3.05, 3.63) is 54.1 Å². The maximum absolute atomic E-state index is 12.7. The minimum atomic E-state index is -3.47. The molecule has 0 aliphatic carbocycles. The Morgan fingerprint density at radius 2 is 1.81 bits per heavy atom. The molecule has 0 bridgehead atoms. The average Bonchev–Trinajstić information content (AvgIpc) is 2.40. The van der Waals surface area contributed by atoms with Gasteiger partial charge < -0.3 is 5.32 Å². The first-order chi connectivity index (χ1) is 9.85. The lowest BCUT2D eigenvalue weighted by Crippen LogP contribution is -2.16. The summed E-state index contributed by atoms with van der Waals surface area (Å²) in [5.74, 6) is -1.21. The highest BCUT2D eigenvalue weighted by Crippen LogP contribution is 2.22. The predicted octanol–water partition coefficient (Wildman–Crippen LogP) is 1.84. The number of rotatable bonds is 4. The lowest BCUT2D eigenvalue weighted by molar-refractivity contribution is 0.102. The number of carbonyl (C=O) groups is 1. The minimum absolute atomic E-state index is 0.158. The van der Waals surface area contributed by atoms with E-state index in [4.69, 9.17) is 0 Å². The number of anilines is 2. The van der Waals surface area contributed by atoms with Gasteiger partial charge in [0.05, 0.1) is 23.2 Å². The summed E-state index contributed by atoms with van der Waals surface area (Å²) in [5, 5.41) is 2.54. The van der Waals surface area contributed by atoms with E-state index < -0.39 is 21.9 Å². The van der Waals surface area contributed by atoms with Gasteiger partial charge in [-0.25, -0.2) is 13.4 Å². The zero-order chi connectivity index (χ0) is 15.5. The first-order valence-electron chi connectivity index (χ1n) is 5.85. The van der Waals surface area contributed by atoms with Crippen molar-refractivity contribution in [2.24, 2.45) is 0 Å². The van der Waals surface area contributed by atoms with Crippen molar-refractivity contribution >= 4 is 27.3 Å². The molecule has 0 spiro atoms. The number of pyridine rings is 1. The second kappa shape index (κ2) is 5.88. The molecule has 2 aromatic rings. The van der Waals surface area contributed by atoms with Crippen molar-refractivity contribution in [1.82, 2.24) is 4.98 Å². The monoisotopic (exact) mass is 309 g/mol. The number of para-hydroxylation sites is 2. The Balaban J connectivity index is 2.23. The van der Waals surface area contributed by atoms with Crippen LogP contribution in [-0.4, -0.2) is 25.6 Å². The fourth-order valence-electron chi connectivity index (χ4n) is 1.59. The molecular weight excluding hydrogens is 297 g/mol. The number of carbonyl (C=O) groups excluding carboxylic acids is 1. The second-order valence-electron chi connectivity index (χ2n) is 4.24. The third-order valence-electron chi connectivity index (χ3n) is 2.46. The Bertz CT molecular complexity index is 760. The molecule has 0 saturated carbocycles. The number of hydrogen-bond donors (Lipinski definition) is 2. The van der Waals surface area contributed by atoms with Gasteiger partial charge in [-0.15, -0.1) is 0 Å². The normalized spacial score (nSPS) is 11.0. The molecule has 0 unspecified atom stereocenters. The number of amides is 1. The van der Waals surface area contributed by atoms with E-state index in [1.165, 1.54) is 12.1 Å². The predicted molar refractivity (Wildman–Crippen MR) is 77.1 cm³/mol. The van der Waals surface area contributed by atoms with Crippen molar-refractivity contribution < 1.29 is 17.6 Å². The Kier molecular flexibility index (Phi) is 4.18. The van der Waals surface area contributed by atoms with E-state index in [1.807, 2.05) is 0 Å². The molecule has 1 amide bonds. The molecule has 2 N–H and O–H groups in total. The number of nitrogens with one attached hydrogen (secondary N) is 2. The molecule has 1 aromatic heterocycles. The van der Waals surface area contributed by atoms with Crippen molar-refractivity contribution in [2.75, 3.05) is 16.3 Å². The molecule has 110 valence electrons. The summed E-state index contributed by atoms with van der Waals surface area (Å²) in [6.07, 6.45) is 2.10. The van der Waals surface area contributed by atoms with Crippen LogP contribution in [-0.2, 0) is 10.0 Å². The Labute approximate surface area is 121 Å². The fraction of sp³-hybridized carbons (Fsp3) is 0.0769. The molecule has 0 aliphatic rings. The van der Waals surface area contributed by atoms with Crippen LogP contribution in [0.2, 0.25) is 0 Å². The van der Waals surface area contributed by atoms with Crippen LogP contribution in [0.3, 0.4) is 0 Å². The summed E-state index contributed by atoms with van der Waals surface area (Å²) in [4.78, 5) is 15.4. The Morgan fingerprint density at radius 1 is 1.14 bits per heavy atom. The molecule has 0 fully saturated rings. The first kappa shape index (κ1) is 14.9. The van der Waals surface area contributed by atoms with Gasteiger partial charge >= 0.3 is 0 Å². The van der Waals surface area contributed by atoms with Gasteiger partial charge in [-0.3, -0.25) is 9.52 Å². The lowest BCUT2D eigenvalue weighted by atomic mass is 10.2. The molecule has 1 heterocycles. The van der Waals surface area contributed by atoms with E-state index in [1.54, 1.807) is 18.2 Å². The zero-order valence-corrected chi connectivity index (χ0v) is 11.8. The average molecular weight is 309 g/mol. The largest absolute Gasteiger partial charge is 0.320 e. The number of aromatic nitrogens is 1. The van der Waals surface area contributed by atoms with Gasteiger partial charge in [-0.1, -0.05) is 12.1 Å². The van der Waals surface area contributed by atoms with Crippen LogP contribution in [0.1, 0.15) is 10.4 Å². The van der Waals surface area contributed by atoms with Crippen molar-refractivity contribution in [3.8, 4) is 0 Å². The van der Waals surface area contributed by atoms with Crippen LogP contribution in [0.5, 0.6) is 0 Å². The molecular formula is C13H12FN3O3S. The third-order valence-corrected chi connectivity index (χ3v) is 3.05. The standard InChI is InChI=1S/C13H12FN3O3S/c1-21(19,20)17-11-5-3-2-4-10(11)16-13(18)9-6-7-12(14)15-8-9/h2-8,17H,1H3,(H,16,18). The van der Waals surface area contributed by atoms with Crippen molar-refractivity contribution in [3.63, 3.8) is 0 Å². The summed E-state index contributed by atoms with van der Waals surface area (Å²) < 4.78 is 37.5. The van der Waals surface area contributed by atoms with Gasteiger partial charge in [0.25, 0.3) is 5.91 Å². The Hall–Kier alpha value is -2.48. The van der Waals surface area contributed by atoms with Crippen LogP contribution >= 0.6 is 0 Å². The molecule has 2 rings (SSSR count). The van der Waals surface area contributed by atoms with Gasteiger partial charge in [0.1, 0.15) is 0 Å². The van der Waals surface area contributed by atoms with Crippen molar-refractivity contribution in [2.45, 2.75) is 0 Å². The maximum Gasteiger partial charge on any atom is 0.257 e. The molecule has 0 atom stereocenters. The SMILES string of the molecule is CS(=O)(=O)Nc1ccccc1NC(=O)c1ccc(F)nc1. The minimum Gasteiger partial charge on any atom is -0.320 e. The molecule has 0 radical (unpaired) electrons. The van der Waals surface area contributed by atoms with E-state index >= 15 is 0 Å². The Morgan fingerprint density at radius 3 is 2.38 bits per heavy atom. The fourth-order valence-corrected chi connectivity index (χ4v) is 2.16. The van der Waals surface area contributed by atoms with Gasteiger partial charge in [0.15, 0.2) is 0 Å². The summed E-state index contributed by atoms with van der Waals surface area (Å²) in [7, 11) is -3.47. The van der Waals surface area contributed by atoms with Crippen LogP contribution in [0.25, 0.3) is 0 Å². The van der Waals surface area contributed by atoms with Crippen LogP contribution in [0.15, 0.2) is 42.6 Å². The summed E-state index contributed by atoms with van der Waals surface area (Å²) in [6.45, 7) is 0. The van der Waals surface area contributed by atoms with E-state index in [0.29, 0.717) is 0 Å².